The smallest absolute Gasteiger partial charge is 0.337 e. The van der Waals surface area contributed by atoms with Gasteiger partial charge in [-0.25, -0.2) is 4.79 Å². The van der Waals surface area contributed by atoms with E-state index in [-0.39, 0.29) is 6.01 Å². The Morgan fingerprint density at radius 3 is 2.65 bits per heavy atom. The highest BCUT2D eigenvalue weighted by Gasteiger charge is 2.09. The molecule has 0 N–H and O–H groups in total. The van der Waals surface area contributed by atoms with Gasteiger partial charge in [-0.15, -0.1) is 0 Å². The number of esters is 1. The van der Waals surface area contributed by atoms with Crippen LogP contribution in [0.5, 0.6) is 17.6 Å². The number of hydrogen-bond acceptors (Lipinski definition) is 6. The highest BCUT2D eigenvalue weighted by molar-refractivity contribution is 5.89. The van der Waals surface area contributed by atoms with E-state index in [1.165, 1.54) is 14.2 Å². The largest absolute Gasteiger partial charge is 0.481 e. The van der Waals surface area contributed by atoms with Gasteiger partial charge in [0.1, 0.15) is 5.75 Å². The van der Waals surface area contributed by atoms with Crippen LogP contribution in [0.25, 0.3) is 0 Å². The predicted molar refractivity (Wildman–Crippen MR) is 71.2 cm³/mol. The first-order valence-electron chi connectivity index (χ1n) is 5.88. The summed E-state index contributed by atoms with van der Waals surface area (Å²) in [4.78, 5) is 19.7. The van der Waals surface area contributed by atoms with Crippen LogP contribution in [-0.4, -0.2) is 30.2 Å². The lowest BCUT2D eigenvalue weighted by Gasteiger charge is -2.07. The van der Waals surface area contributed by atoms with Crippen LogP contribution in [0.3, 0.4) is 0 Å². The van der Waals surface area contributed by atoms with Gasteiger partial charge in [0.05, 0.1) is 19.8 Å². The second-order valence-corrected chi connectivity index (χ2v) is 3.96. The minimum Gasteiger partial charge on any atom is -0.481 e. The third-order valence-corrected chi connectivity index (χ3v) is 2.48. The van der Waals surface area contributed by atoms with Crippen LogP contribution >= 0.6 is 0 Å². The summed E-state index contributed by atoms with van der Waals surface area (Å²) in [7, 11) is 2.84. The van der Waals surface area contributed by atoms with Crippen LogP contribution in [0, 0.1) is 6.92 Å². The maximum atomic E-state index is 11.4. The molecule has 0 radical (unpaired) electrons. The van der Waals surface area contributed by atoms with Crippen molar-refractivity contribution in [3.8, 4) is 17.6 Å². The van der Waals surface area contributed by atoms with E-state index in [1.54, 1.807) is 30.3 Å². The number of ether oxygens (including phenoxy) is 3. The summed E-state index contributed by atoms with van der Waals surface area (Å²) in [5.74, 6) is 0.426. The lowest BCUT2D eigenvalue weighted by molar-refractivity contribution is 0.0600. The Morgan fingerprint density at radius 1 is 1.15 bits per heavy atom. The summed E-state index contributed by atoms with van der Waals surface area (Å²) in [5.41, 5.74) is 1.11. The van der Waals surface area contributed by atoms with E-state index in [9.17, 15) is 4.79 Å². The maximum absolute atomic E-state index is 11.4. The normalized spacial score (nSPS) is 9.95. The van der Waals surface area contributed by atoms with E-state index < -0.39 is 5.97 Å². The number of nitrogens with zero attached hydrogens (tertiary/aromatic N) is 2. The molecule has 0 aliphatic carbocycles. The molecule has 0 bridgehead atoms. The van der Waals surface area contributed by atoms with Gasteiger partial charge in [-0.3, -0.25) is 0 Å². The molecular weight excluding hydrogens is 260 g/mol. The van der Waals surface area contributed by atoms with Gasteiger partial charge < -0.3 is 14.2 Å². The van der Waals surface area contributed by atoms with Crippen LogP contribution < -0.4 is 9.47 Å². The molecule has 6 nitrogen and oxygen atoms in total. The molecular formula is C14H14N2O4. The number of rotatable bonds is 4. The number of carbonyl (C=O) groups is 1. The number of carbonyl (C=O) groups excluding carboxylic acids is 1. The van der Waals surface area contributed by atoms with Gasteiger partial charge in [-0.1, -0.05) is 6.07 Å². The summed E-state index contributed by atoms with van der Waals surface area (Å²) in [6.45, 7) is 1.81. The fourth-order valence-electron chi connectivity index (χ4n) is 1.57. The third-order valence-electron chi connectivity index (χ3n) is 2.48. The minimum absolute atomic E-state index is 0.156. The molecule has 0 aliphatic heterocycles. The standard InChI is InChI=1S/C14H14N2O4/c1-9-7-12(18-2)16-14(15-9)20-11-6-4-5-10(8-11)13(17)19-3/h4-8H,1-3H3. The second-order valence-electron chi connectivity index (χ2n) is 3.96. The highest BCUT2D eigenvalue weighted by Crippen LogP contribution is 2.21. The van der Waals surface area contributed by atoms with Gasteiger partial charge in [-0.2, -0.15) is 9.97 Å². The number of hydrogen-bond donors (Lipinski definition) is 0. The van der Waals surface area contributed by atoms with E-state index in [0.29, 0.717) is 17.2 Å². The molecule has 1 aromatic heterocycles. The molecule has 0 saturated heterocycles. The Bertz CT molecular complexity index is 628. The number of methoxy groups -OCH3 is 2. The number of benzene rings is 1. The third kappa shape index (κ3) is 3.23. The topological polar surface area (TPSA) is 70.5 Å². The summed E-state index contributed by atoms with van der Waals surface area (Å²) in [6, 6.07) is 8.43. The summed E-state index contributed by atoms with van der Waals surface area (Å²) < 4.78 is 15.2. The Kier molecular flexibility index (Phi) is 4.14. The van der Waals surface area contributed by atoms with Crippen molar-refractivity contribution in [1.82, 2.24) is 9.97 Å². The Hall–Kier alpha value is -2.63. The van der Waals surface area contributed by atoms with E-state index in [0.717, 1.165) is 5.69 Å². The lowest BCUT2D eigenvalue weighted by Crippen LogP contribution is -2.01. The van der Waals surface area contributed by atoms with Crippen molar-refractivity contribution in [3.05, 3.63) is 41.6 Å². The van der Waals surface area contributed by atoms with Crippen molar-refractivity contribution in [2.75, 3.05) is 14.2 Å². The van der Waals surface area contributed by atoms with Gasteiger partial charge in [-0.05, 0) is 25.1 Å². The Balaban J connectivity index is 2.26. The Labute approximate surface area is 116 Å². The molecule has 0 spiro atoms. The zero-order valence-corrected chi connectivity index (χ0v) is 11.4. The molecule has 0 atom stereocenters. The lowest BCUT2D eigenvalue weighted by atomic mass is 10.2. The van der Waals surface area contributed by atoms with E-state index in [1.807, 2.05) is 6.92 Å². The van der Waals surface area contributed by atoms with Crippen molar-refractivity contribution in [1.29, 1.82) is 0 Å². The van der Waals surface area contributed by atoms with Crippen LogP contribution in [0.1, 0.15) is 16.1 Å². The second kappa shape index (κ2) is 6.01. The van der Waals surface area contributed by atoms with Gasteiger partial charge in [0, 0.05) is 11.8 Å². The molecule has 0 aliphatic rings. The van der Waals surface area contributed by atoms with Crippen LogP contribution in [-0.2, 0) is 4.74 Å². The highest BCUT2D eigenvalue weighted by atomic mass is 16.5. The monoisotopic (exact) mass is 274 g/mol. The van der Waals surface area contributed by atoms with E-state index in [2.05, 4.69) is 14.7 Å². The van der Waals surface area contributed by atoms with E-state index >= 15 is 0 Å². The predicted octanol–water partition coefficient (Wildman–Crippen LogP) is 2.37. The fraction of sp³-hybridized carbons (Fsp3) is 0.214. The molecule has 0 saturated carbocycles. The van der Waals surface area contributed by atoms with E-state index in [4.69, 9.17) is 9.47 Å². The average Bonchev–Trinajstić information content (AvgIpc) is 2.46. The number of aryl methyl sites for hydroxylation is 1. The van der Waals surface area contributed by atoms with Gasteiger partial charge in [0.15, 0.2) is 0 Å². The molecule has 1 heterocycles. The van der Waals surface area contributed by atoms with Crippen molar-refractivity contribution in [2.24, 2.45) is 0 Å². The molecule has 1 aromatic carbocycles. The summed E-state index contributed by atoms with van der Waals surface area (Å²) >= 11 is 0. The molecule has 0 unspecified atom stereocenters. The molecule has 6 heteroatoms. The molecule has 0 amide bonds. The van der Waals surface area contributed by atoms with Crippen LogP contribution in [0.2, 0.25) is 0 Å². The average molecular weight is 274 g/mol. The molecule has 20 heavy (non-hydrogen) atoms. The number of aromatic nitrogens is 2. The van der Waals surface area contributed by atoms with Crippen LogP contribution in [0.15, 0.2) is 30.3 Å². The molecule has 2 aromatic rings. The minimum atomic E-state index is -0.432. The van der Waals surface area contributed by atoms with Gasteiger partial charge >= 0.3 is 12.0 Å². The van der Waals surface area contributed by atoms with Crippen molar-refractivity contribution < 1.29 is 19.0 Å². The molecule has 2 rings (SSSR count). The van der Waals surface area contributed by atoms with Crippen molar-refractivity contribution >= 4 is 5.97 Å². The van der Waals surface area contributed by atoms with Crippen LogP contribution in [0.4, 0.5) is 0 Å². The van der Waals surface area contributed by atoms with Gasteiger partial charge in [0.25, 0.3) is 0 Å². The molecule has 0 fully saturated rings. The first kappa shape index (κ1) is 13.8. The Morgan fingerprint density at radius 2 is 1.95 bits per heavy atom. The quantitative estimate of drug-likeness (QED) is 0.797. The fourth-order valence-corrected chi connectivity index (χ4v) is 1.57. The van der Waals surface area contributed by atoms with Crippen molar-refractivity contribution in [2.45, 2.75) is 6.92 Å². The maximum Gasteiger partial charge on any atom is 0.337 e. The van der Waals surface area contributed by atoms with Gasteiger partial charge in [0.2, 0.25) is 5.88 Å². The van der Waals surface area contributed by atoms with Crippen molar-refractivity contribution in [3.63, 3.8) is 0 Å². The SMILES string of the molecule is COC(=O)c1cccc(Oc2nc(C)cc(OC)n2)c1. The molecule has 104 valence electrons. The first-order valence-corrected chi connectivity index (χ1v) is 5.88. The summed E-state index contributed by atoms with van der Waals surface area (Å²) in [5, 5.41) is 0. The zero-order chi connectivity index (χ0) is 14.5. The zero-order valence-electron chi connectivity index (χ0n) is 11.4. The summed E-state index contributed by atoms with van der Waals surface area (Å²) in [6.07, 6.45) is 0. The first-order chi connectivity index (χ1) is 9.62.